The minimum Gasteiger partial charge on any atom is -0.389 e. The van der Waals surface area contributed by atoms with E-state index in [0.717, 1.165) is 8.26 Å². The van der Waals surface area contributed by atoms with E-state index in [4.69, 9.17) is 0 Å². The molecular formula is C11H15Br2NO2S. The average molecular weight is 385 g/mol. The number of thiophene rings is 1. The zero-order valence-electron chi connectivity index (χ0n) is 9.96. The lowest BCUT2D eigenvalue weighted by Gasteiger charge is -2.27. The van der Waals surface area contributed by atoms with Crippen molar-refractivity contribution >= 4 is 49.1 Å². The van der Waals surface area contributed by atoms with Crippen LogP contribution in [0.3, 0.4) is 0 Å². The minimum absolute atomic E-state index is 0.0500. The predicted octanol–water partition coefficient (Wildman–Crippen LogP) is 3.51. The number of carbonyl (C=O) groups is 1. The van der Waals surface area contributed by atoms with E-state index in [1.54, 1.807) is 24.8 Å². The van der Waals surface area contributed by atoms with Crippen LogP contribution in [0, 0.1) is 0 Å². The van der Waals surface area contributed by atoms with E-state index < -0.39 is 5.60 Å². The molecule has 0 saturated heterocycles. The Bertz CT molecular complexity index is 393. The molecule has 1 amide bonds. The van der Waals surface area contributed by atoms with Crippen LogP contribution in [0.2, 0.25) is 0 Å². The monoisotopic (exact) mass is 383 g/mol. The molecule has 96 valence electrons. The molecule has 0 radical (unpaired) electrons. The molecule has 3 nitrogen and oxygen atoms in total. The molecule has 17 heavy (non-hydrogen) atoms. The topological polar surface area (TPSA) is 40.5 Å². The standard InChI is InChI=1S/C11H15Br2NO2S/c1-4-14(6-11(2,3)16)10(15)8-5-7(12)9(13)17-8/h5,16H,4,6H2,1-3H3. The molecule has 6 heteroatoms. The number of halogens is 2. The van der Waals surface area contributed by atoms with Crippen LogP contribution in [0.4, 0.5) is 0 Å². The summed E-state index contributed by atoms with van der Waals surface area (Å²) in [5, 5.41) is 9.77. The van der Waals surface area contributed by atoms with Gasteiger partial charge in [-0.05, 0) is 58.7 Å². The highest BCUT2D eigenvalue weighted by Gasteiger charge is 2.23. The summed E-state index contributed by atoms with van der Waals surface area (Å²) in [4.78, 5) is 14.5. The number of nitrogens with zero attached hydrogens (tertiary/aromatic N) is 1. The van der Waals surface area contributed by atoms with E-state index in [2.05, 4.69) is 31.9 Å². The second-order valence-electron chi connectivity index (χ2n) is 4.36. The Morgan fingerprint density at radius 1 is 1.53 bits per heavy atom. The predicted molar refractivity (Wildman–Crippen MR) is 77.6 cm³/mol. The first kappa shape index (κ1) is 15.1. The van der Waals surface area contributed by atoms with Gasteiger partial charge in [-0.1, -0.05) is 0 Å². The fraction of sp³-hybridized carbons (Fsp3) is 0.545. The first-order valence-electron chi connectivity index (χ1n) is 5.21. The molecule has 0 atom stereocenters. The van der Waals surface area contributed by atoms with Crippen molar-refractivity contribution in [2.75, 3.05) is 13.1 Å². The first-order chi connectivity index (χ1) is 7.74. The second kappa shape index (κ2) is 5.82. The van der Waals surface area contributed by atoms with Crippen LogP contribution in [0.25, 0.3) is 0 Å². The third kappa shape index (κ3) is 4.35. The molecule has 0 aliphatic carbocycles. The number of aliphatic hydroxyl groups is 1. The molecule has 0 aromatic carbocycles. The minimum atomic E-state index is -0.878. The molecule has 1 N–H and O–H groups in total. The number of amides is 1. The molecule has 1 aromatic heterocycles. The van der Waals surface area contributed by atoms with Crippen LogP contribution < -0.4 is 0 Å². The van der Waals surface area contributed by atoms with Gasteiger partial charge < -0.3 is 10.0 Å². The number of likely N-dealkylation sites (N-methyl/N-ethyl adjacent to an activating group) is 1. The van der Waals surface area contributed by atoms with Crippen molar-refractivity contribution in [1.29, 1.82) is 0 Å². The SMILES string of the molecule is CCN(CC(C)(C)O)C(=O)c1cc(Br)c(Br)s1. The van der Waals surface area contributed by atoms with Gasteiger partial charge >= 0.3 is 0 Å². The lowest BCUT2D eigenvalue weighted by atomic mass is 10.1. The van der Waals surface area contributed by atoms with Crippen LogP contribution >= 0.6 is 43.2 Å². The number of hydrogen-bond acceptors (Lipinski definition) is 3. The fourth-order valence-corrected chi connectivity index (χ4v) is 3.41. The maximum absolute atomic E-state index is 12.2. The Kier molecular flexibility index (Phi) is 5.19. The maximum atomic E-state index is 12.2. The summed E-state index contributed by atoms with van der Waals surface area (Å²) in [6.45, 7) is 6.21. The zero-order valence-corrected chi connectivity index (χ0v) is 13.9. The first-order valence-corrected chi connectivity index (χ1v) is 7.61. The van der Waals surface area contributed by atoms with Crippen molar-refractivity contribution in [2.24, 2.45) is 0 Å². The number of hydrogen-bond donors (Lipinski definition) is 1. The van der Waals surface area contributed by atoms with Gasteiger partial charge in [-0.25, -0.2) is 0 Å². The van der Waals surface area contributed by atoms with Gasteiger partial charge in [0.2, 0.25) is 0 Å². The molecule has 0 saturated carbocycles. The summed E-state index contributed by atoms with van der Waals surface area (Å²) in [6.07, 6.45) is 0. The van der Waals surface area contributed by atoms with E-state index in [9.17, 15) is 9.90 Å². The fourth-order valence-electron chi connectivity index (χ4n) is 1.40. The van der Waals surface area contributed by atoms with Gasteiger partial charge in [0, 0.05) is 17.6 Å². The van der Waals surface area contributed by atoms with E-state index in [1.165, 1.54) is 11.3 Å². The maximum Gasteiger partial charge on any atom is 0.264 e. The summed E-state index contributed by atoms with van der Waals surface area (Å²) in [6, 6.07) is 1.80. The Morgan fingerprint density at radius 3 is 2.47 bits per heavy atom. The van der Waals surface area contributed by atoms with Crippen molar-refractivity contribution in [3.8, 4) is 0 Å². The molecule has 1 heterocycles. The van der Waals surface area contributed by atoms with Crippen LogP contribution in [-0.2, 0) is 0 Å². The quantitative estimate of drug-likeness (QED) is 0.862. The van der Waals surface area contributed by atoms with Gasteiger partial charge in [0.25, 0.3) is 5.91 Å². The number of rotatable bonds is 4. The van der Waals surface area contributed by atoms with Gasteiger partial charge in [0.1, 0.15) is 0 Å². The largest absolute Gasteiger partial charge is 0.389 e. The molecule has 0 aliphatic rings. The van der Waals surface area contributed by atoms with E-state index in [0.29, 0.717) is 18.0 Å². The van der Waals surface area contributed by atoms with Crippen LogP contribution in [0.5, 0.6) is 0 Å². The van der Waals surface area contributed by atoms with Gasteiger partial charge in [-0.15, -0.1) is 11.3 Å². The Hall–Kier alpha value is 0.0900. The van der Waals surface area contributed by atoms with Gasteiger partial charge in [-0.3, -0.25) is 4.79 Å². The normalized spacial score (nSPS) is 11.6. The number of carbonyl (C=O) groups excluding carboxylic acids is 1. The van der Waals surface area contributed by atoms with Gasteiger partial charge in [0.15, 0.2) is 0 Å². The molecule has 0 aliphatic heterocycles. The van der Waals surface area contributed by atoms with Crippen molar-refractivity contribution in [3.05, 3.63) is 19.2 Å². The zero-order chi connectivity index (χ0) is 13.2. The summed E-state index contributed by atoms with van der Waals surface area (Å²) >= 11 is 8.12. The molecule has 0 fully saturated rings. The average Bonchev–Trinajstić information content (AvgIpc) is 2.53. The van der Waals surface area contributed by atoms with E-state index >= 15 is 0 Å². The smallest absolute Gasteiger partial charge is 0.264 e. The molecule has 1 rings (SSSR count). The summed E-state index contributed by atoms with van der Waals surface area (Å²) < 4.78 is 1.78. The molecule has 0 bridgehead atoms. The highest BCUT2D eigenvalue weighted by molar-refractivity contribution is 9.13. The van der Waals surface area contributed by atoms with Crippen LogP contribution in [0.1, 0.15) is 30.4 Å². The van der Waals surface area contributed by atoms with Gasteiger partial charge in [-0.2, -0.15) is 0 Å². The van der Waals surface area contributed by atoms with Crippen molar-refractivity contribution in [1.82, 2.24) is 4.90 Å². The van der Waals surface area contributed by atoms with E-state index in [-0.39, 0.29) is 5.91 Å². The molecule has 0 unspecified atom stereocenters. The third-order valence-corrected chi connectivity index (χ3v) is 5.35. The molecular weight excluding hydrogens is 370 g/mol. The Labute approximate surface area is 122 Å². The Morgan fingerprint density at radius 2 is 2.12 bits per heavy atom. The van der Waals surface area contributed by atoms with Gasteiger partial charge in [0.05, 0.1) is 14.3 Å². The molecule has 1 aromatic rings. The van der Waals surface area contributed by atoms with E-state index in [1.807, 2.05) is 6.92 Å². The van der Waals surface area contributed by atoms with Crippen LogP contribution in [0.15, 0.2) is 14.3 Å². The van der Waals surface area contributed by atoms with Crippen LogP contribution in [-0.4, -0.2) is 34.6 Å². The van der Waals surface area contributed by atoms with Crippen molar-refractivity contribution in [2.45, 2.75) is 26.4 Å². The lowest BCUT2D eigenvalue weighted by molar-refractivity contribution is 0.0317. The summed E-state index contributed by atoms with van der Waals surface area (Å²) in [5.74, 6) is -0.0500. The van der Waals surface area contributed by atoms with Crippen molar-refractivity contribution in [3.63, 3.8) is 0 Å². The highest BCUT2D eigenvalue weighted by atomic mass is 79.9. The highest BCUT2D eigenvalue weighted by Crippen LogP contribution is 2.33. The second-order valence-corrected chi connectivity index (χ2v) is 7.59. The molecule has 0 spiro atoms. The lowest BCUT2D eigenvalue weighted by Crippen LogP contribution is -2.41. The third-order valence-electron chi connectivity index (χ3n) is 2.10. The Balaban J connectivity index is 2.86. The summed E-state index contributed by atoms with van der Waals surface area (Å²) in [7, 11) is 0. The van der Waals surface area contributed by atoms with Crippen molar-refractivity contribution < 1.29 is 9.90 Å². The summed E-state index contributed by atoms with van der Waals surface area (Å²) in [5.41, 5.74) is -0.878.